The first-order chi connectivity index (χ1) is 16.6. The summed E-state index contributed by atoms with van der Waals surface area (Å²) in [5.41, 5.74) is 5.15. The second-order valence-corrected chi connectivity index (χ2v) is 8.00. The molecule has 0 aliphatic carbocycles. The highest BCUT2D eigenvalue weighted by atomic mass is 16.5. The molecule has 34 heavy (non-hydrogen) atoms. The first-order valence-electron chi connectivity index (χ1n) is 11.6. The number of hydrogen-bond donors (Lipinski definition) is 3. The predicted molar refractivity (Wildman–Crippen MR) is 136 cm³/mol. The average molecular weight is 456 g/mol. The van der Waals surface area contributed by atoms with Crippen molar-refractivity contribution >= 4 is 28.3 Å². The van der Waals surface area contributed by atoms with Gasteiger partial charge < -0.3 is 20.1 Å². The molecular formula is C28H29N3O3. The number of aromatic hydroxyl groups is 1. The standard InChI is InChI=1S/C28H29N3O3/c1-3-16-29-18-19-10-13-22(14-11-19)30-26(20-8-6-5-7-9-20)25-23-15-12-21(28(33)34-4-2)17-24(23)31-27(25)32/h5-15,17,29,31-32H,3-4,16,18H2,1-2H3. The number of ether oxygens (including phenoxy) is 1. The molecule has 174 valence electrons. The largest absolute Gasteiger partial charge is 0.494 e. The van der Waals surface area contributed by atoms with Crippen LogP contribution in [0.4, 0.5) is 5.69 Å². The molecule has 0 saturated carbocycles. The summed E-state index contributed by atoms with van der Waals surface area (Å²) in [6.45, 7) is 6.01. The Labute approximate surface area is 199 Å². The van der Waals surface area contributed by atoms with E-state index in [1.54, 1.807) is 19.1 Å². The average Bonchev–Trinajstić information content (AvgIpc) is 3.19. The molecule has 0 fully saturated rings. The topological polar surface area (TPSA) is 86.7 Å². The molecule has 0 aliphatic heterocycles. The van der Waals surface area contributed by atoms with Gasteiger partial charge in [-0.3, -0.25) is 0 Å². The third-order valence-electron chi connectivity index (χ3n) is 5.51. The number of benzene rings is 3. The summed E-state index contributed by atoms with van der Waals surface area (Å²) in [6, 6.07) is 23.1. The van der Waals surface area contributed by atoms with Crippen molar-refractivity contribution in [2.75, 3.05) is 13.2 Å². The first-order valence-corrected chi connectivity index (χ1v) is 11.6. The number of fused-ring (bicyclic) bond motifs is 1. The molecule has 0 amide bonds. The lowest BCUT2D eigenvalue weighted by Gasteiger charge is -2.09. The Balaban J connectivity index is 1.76. The van der Waals surface area contributed by atoms with Crippen LogP contribution >= 0.6 is 0 Å². The van der Waals surface area contributed by atoms with Crippen LogP contribution in [0.1, 0.15) is 47.3 Å². The van der Waals surface area contributed by atoms with Gasteiger partial charge in [0, 0.05) is 23.0 Å². The Kier molecular flexibility index (Phi) is 7.40. The molecule has 3 aromatic carbocycles. The lowest BCUT2D eigenvalue weighted by atomic mass is 10.00. The van der Waals surface area contributed by atoms with Crippen molar-refractivity contribution in [3.05, 3.63) is 95.1 Å². The van der Waals surface area contributed by atoms with Gasteiger partial charge in [0.15, 0.2) is 5.88 Å². The Hall–Kier alpha value is -3.90. The van der Waals surface area contributed by atoms with Crippen molar-refractivity contribution < 1.29 is 14.6 Å². The Bertz CT molecular complexity index is 1290. The number of aliphatic imine (C=N–C) groups is 1. The van der Waals surface area contributed by atoms with Crippen LogP contribution in [-0.2, 0) is 11.3 Å². The molecule has 4 aromatic rings. The van der Waals surface area contributed by atoms with Crippen LogP contribution in [0.15, 0.2) is 77.8 Å². The monoisotopic (exact) mass is 455 g/mol. The third-order valence-corrected chi connectivity index (χ3v) is 5.51. The van der Waals surface area contributed by atoms with Gasteiger partial charge >= 0.3 is 5.97 Å². The summed E-state index contributed by atoms with van der Waals surface area (Å²) in [7, 11) is 0. The van der Waals surface area contributed by atoms with E-state index in [9.17, 15) is 9.90 Å². The minimum atomic E-state index is -0.398. The zero-order chi connectivity index (χ0) is 23.9. The van der Waals surface area contributed by atoms with Gasteiger partial charge in [-0.25, -0.2) is 9.79 Å². The highest BCUT2D eigenvalue weighted by Gasteiger charge is 2.20. The van der Waals surface area contributed by atoms with Gasteiger partial charge in [-0.2, -0.15) is 0 Å². The maximum atomic E-state index is 12.2. The Morgan fingerprint density at radius 1 is 1.00 bits per heavy atom. The van der Waals surface area contributed by atoms with Crippen LogP contribution in [0.2, 0.25) is 0 Å². The Morgan fingerprint density at radius 2 is 1.76 bits per heavy atom. The second kappa shape index (κ2) is 10.8. The number of H-pyrrole nitrogens is 1. The summed E-state index contributed by atoms with van der Waals surface area (Å²) >= 11 is 0. The highest BCUT2D eigenvalue weighted by Crippen LogP contribution is 2.32. The van der Waals surface area contributed by atoms with E-state index in [2.05, 4.69) is 29.4 Å². The quantitative estimate of drug-likeness (QED) is 0.171. The van der Waals surface area contributed by atoms with E-state index in [-0.39, 0.29) is 5.88 Å². The molecule has 1 aromatic heterocycles. The van der Waals surface area contributed by atoms with Crippen LogP contribution in [0.3, 0.4) is 0 Å². The highest BCUT2D eigenvalue weighted by molar-refractivity contribution is 6.22. The fraction of sp³-hybridized carbons (Fsp3) is 0.214. The molecule has 0 spiro atoms. The van der Waals surface area contributed by atoms with Gasteiger partial charge in [0.05, 0.1) is 29.1 Å². The van der Waals surface area contributed by atoms with Crippen LogP contribution in [0, 0.1) is 0 Å². The minimum absolute atomic E-state index is 0.000928. The van der Waals surface area contributed by atoms with Crippen molar-refractivity contribution in [1.82, 2.24) is 10.3 Å². The second-order valence-electron chi connectivity index (χ2n) is 8.00. The molecule has 0 bridgehead atoms. The minimum Gasteiger partial charge on any atom is -0.494 e. The first kappa shape index (κ1) is 23.3. The maximum absolute atomic E-state index is 12.2. The fourth-order valence-corrected chi connectivity index (χ4v) is 3.85. The summed E-state index contributed by atoms with van der Waals surface area (Å²) in [6.07, 6.45) is 1.10. The third kappa shape index (κ3) is 5.18. The van der Waals surface area contributed by atoms with Gasteiger partial charge in [-0.05, 0) is 49.7 Å². The number of aromatic amines is 1. The lowest BCUT2D eigenvalue weighted by molar-refractivity contribution is 0.0526. The van der Waals surface area contributed by atoms with Gasteiger partial charge in [0.1, 0.15) is 0 Å². The van der Waals surface area contributed by atoms with Crippen molar-refractivity contribution in [1.29, 1.82) is 0 Å². The van der Waals surface area contributed by atoms with Crippen molar-refractivity contribution in [3.63, 3.8) is 0 Å². The number of nitrogens with zero attached hydrogens (tertiary/aromatic N) is 1. The summed E-state index contributed by atoms with van der Waals surface area (Å²) in [5.74, 6) is -0.399. The van der Waals surface area contributed by atoms with E-state index in [1.807, 2.05) is 48.5 Å². The zero-order valence-corrected chi connectivity index (χ0v) is 19.5. The SMILES string of the molecule is CCCNCc1ccc(N=C(c2ccccc2)c2c(O)[nH]c3cc(C(=O)OCC)ccc23)cc1. The molecule has 0 aliphatic rings. The number of rotatable bonds is 9. The molecule has 0 unspecified atom stereocenters. The molecule has 0 saturated heterocycles. The summed E-state index contributed by atoms with van der Waals surface area (Å²) in [4.78, 5) is 20.1. The van der Waals surface area contributed by atoms with Crippen LogP contribution in [0.25, 0.3) is 10.9 Å². The predicted octanol–water partition coefficient (Wildman–Crippen LogP) is 5.72. The molecule has 4 rings (SSSR count). The van der Waals surface area contributed by atoms with Crippen molar-refractivity contribution in [2.45, 2.75) is 26.8 Å². The number of carbonyl (C=O) groups is 1. The van der Waals surface area contributed by atoms with Gasteiger partial charge in [-0.15, -0.1) is 0 Å². The van der Waals surface area contributed by atoms with E-state index in [1.165, 1.54) is 5.56 Å². The molecule has 0 atom stereocenters. The molecule has 6 nitrogen and oxygen atoms in total. The number of carbonyl (C=O) groups excluding carboxylic acids is 1. The molecule has 0 radical (unpaired) electrons. The summed E-state index contributed by atoms with van der Waals surface area (Å²) in [5, 5.41) is 15.1. The molecule has 6 heteroatoms. The zero-order valence-electron chi connectivity index (χ0n) is 19.5. The summed E-state index contributed by atoms with van der Waals surface area (Å²) < 4.78 is 5.11. The smallest absolute Gasteiger partial charge is 0.338 e. The van der Waals surface area contributed by atoms with E-state index in [0.717, 1.165) is 36.1 Å². The Morgan fingerprint density at radius 3 is 2.47 bits per heavy atom. The van der Waals surface area contributed by atoms with Gasteiger partial charge in [0.2, 0.25) is 0 Å². The van der Waals surface area contributed by atoms with Gasteiger partial charge in [-0.1, -0.05) is 55.5 Å². The van der Waals surface area contributed by atoms with Crippen molar-refractivity contribution in [2.24, 2.45) is 4.99 Å². The lowest BCUT2D eigenvalue weighted by Crippen LogP contribution is -2.13. The van der Waals surface area contributed by atoms with Crippen molar-refractivity contribution in [3.8, 4) is 5.88 Å². The van der Waals surface area contributed by atoms with Crippen LogP contribution < -0.4 is 5.32 Å². The van der Waals surface area contributed by atoms with Crippen LogP contribution in [0.5, 0.6) is 5.88 Å². The van der Waals surface area contributed by atoms with Crippen LogP contribution in [-0.4, -0.2) is 34.9 Å². The maximum Gasteiger partial charge on any atom is 0.338 e. The van der Waals surface area contributed by atoms with E-state index in [0.29, 0.717) is 29.0 Å². The number of hydrogen-bond acceptors (Lipinski definition) is 5. The van der Waals surface area contributed by atoms with E-state index in [4.69, 9.17) is 9.73 Å². The van der Waals surface area contributed by atoms with E-state index >= 15 is 0 Å². The molecule has 3 N–H and O–H groups in total. The molecule has 1 heterocycles. The number of nitrogens with one attached hydrogen (secondary N) is 2. The normalized spacial score (nSPS) is 11.6. The van der Waals surface area contributed by atoms with E-state index < -0.39 is 5.97 Å². The fourth-order valence-electron chi connectivity index (χ4n) is 3.85. The number of esters is 1. The number of aromatic nitrogens is 1. The molecular weight excluding hydrogens is 426 g/mol. The van der Waals surface area contributed by atoms with Gasteiger partial charge in [0.25, 0.3) is 0 Å².